The van der Waals surface area contributed by atoms with E-state index in [1.165, 1.54) is 0 Å². The molecule has 0 aromatic carbocycles. The molecule has 12 heteroatoms. The lowest BCUT2D eigenvalue weighted by atomic mass is 10.0. The minimum Gasteiger partial charge on any atom is -0.338 e. The van der Waals surface area contributed by atoms with E-state index in [2.05, 4.69) is 4.98 Å². The monoisotopic (exact) mass is 449 g/mol. The number of nitrogens with zero attached hydrogens (tertiary/aromatic N) is 7. The minimum absolute atomic E-state index is 0. The van der Waals surface area contributed by atoms with Gasteiger partial charge in [-0.2, -0.15) is 15.0 Å². The Morgan fingerprint density at radius 1 is 0.806 bits per heavy atom. The summed E-state index contributed by atoms with van der Waals surface area (Å²) in [5.74, 6) is 2.33. The fourth-order valence-corrected chi connectivity index (χ4v) is 4.11. The highest BCUT2D eigenvalue weighted by Gasteiger charge is 2.29. The lowest BCUT2D eigenvalue weighted by Gasteiger charge is -2.37. The van der Waals surface area contributed by atoms with Gasteiger partial charge in [-0.25, -0.2) is 4.98 Å². The summed E-state index contributed by atoms with van der Waals surface area (Å²) < 4.78 is 0. The zero-order valence-electron chi connectivity index (χ0n) is 17.7. The molecule has 0 bridgehead atoms. The van der Waals surface area contributed by atoms with Gasteiger partial charge < -0.3 is 32.7 Å². The maximum atomic E-state index is 6.20. The summed E-state index contributed by atoms with van der Waals surface area (Å²) in [6.45, 7) is 2.57. The Labute approximate surface area is 188 Å². The van der Waals surface area contributed by atoms with Crippen LogP contribution in [0.5, 0.6) is 0 Å². The molecule has 2 aromatic rings. The van der Waals surface area contributed by atoms with Crippen LogP contribution in [-0.2, 0) is 0 Å². The number of rotatable bonds is 4. The van der Waals surface area contributed by atoms with Crippen LogP contribution < -0.4 is 37.6 Å². The third-order valence-corrected chi connectivity index (χ3v) is 5.49. The van der Waals surface area contributed by atoms with Gasteiger partial charge in [-0.05, 0) is 25.0 Å². The van der Waals surface area contributed by atoms with Crippen LogP contribution in [0.4, 0.5) is 23.7 Å². The summed E-state index contributed by atoms with van der Waals surface area (Å²) in [4.78, 5) is 24.5. The molecule has 4 rings (SSSR count). The molecule has 2 aromatic heterocycles. The topological polar surface area (TPSA) is 165 Å². The number of halogens is 1. The molecule has 4 heterocycles. The maximum Gasteiger partial charge on any atom is 0.237 e. The zero-order valence-corrected chi connectivity index (χ0v) is 18.5. The molecule has 0 spiro atoms. The van der Waals surface area contributed by atoms with E-state index in [1.807, 2.05) is 39.9 Å². The number of hydrogen-bond donors (Lipinski definition) is 4. The summed E-state index contributed by atoms with van der Waals surface area (Å²) in [6, 6.07) is 5.60. The molecule has 2 saturated heterocycles. The van der Waals surface area contributed by atoms with Gasteiger partial charge >= 0.3 is 0 Å². The van der Waals surface area contributed by atoms with Gasteiger partial charge in [-0.3, -0.25) is 4.90 Å². The molecular weight excluding hydrogens is 418 g/mol. The molecule has 2 fully saturated rings. The smallest absolute Gasteiger partial charge is 0.237 e. The maximum absolute atomic E-state index is 6.20. The molecule has 0 aliphatic carbocycles. The normalized spacial score (nSPS) is 26.4. The van der Waals surface area contributed by atoms with Crippen molar-refractivity contribution in [2.75, 3.05) is 47.9 Å². The molecule has 0 saturated carbocycles. The summed E-state index contributed by atoms with van der Waals surface area (Å²) >= 11 is 0. The molecule has 31 heavy (non-hydrogen) atoms. The Kier molecular flexibility index (Phi) is 7.44. The van der Waals surface area contributed by atoms with Gasteiger partial charge in [0, 0.05) is 63.6 Å². The van der Waals surface area contributed by atoms with Crippen molar-refractivity contribution in [3.63, 3.8) is 0 Å². The van der Waals surface area contributed by atoms with Crippen molar-refractivity contribution < 1.29 is 0 Å². The molecule has 4 atom stereocenters. The van der Waals surface area contributed by atoms with Crippen molar-refractivity contribution >= 4 is 36.1 Å². The van der Waals surface area contributed by atoms with Gasteiger partial charge in [0.15, 0.2) is 0 Å². The molecule has 8 N–H and O–H groups in total. The quantitative estimate of drug-likeness (QED) is 0.460. The first-order chi connectivity index (χ1) is 14.4. The fourth-order valence-electron chi connectivity index (χ4n) is 4.11. The van der Waals surface area contributed by atoms with E-state index in [9.17, 15) is 0 Å². The Bertz CT molecular complexity index is 790. The predicted molar refractivity (Wildman–Crippen MR) is 125 cm³/mol. The second-order valence-electron chi connectivity index (χ2n) is 8.30. The van der Waals surface area contributed by atoms with Gasteiger partial charge in [0.2, 0.25) is 17.8 Å². The molecule has 0 unspecified atom stereocenters. The van der Waals surface area contributed by atoms with Crippen molar-refractivity contribution in [3.8, 4) is 0 Å². The van der Waals surface area contributed by atoms with Crippen LogP contribution in [0.25, 0.3) is 0 Å². The van der Waals surface area contributed by atoms with Crippen LogP contribution in [0.15, 0.2) is 24.4 Å². The Balaban J connectivity index is 0.00000272. The first-order valence-electron chi connectivity index (χ1n) is 10.3. The third kappa shape index (κ3) is 5.49. The van der Waals surface area contributed by atoms with E-state index in [1.54, 1.807) is 6.20 Å². The van der Waals surface area contributed by atoms with Crippen molar-refractivity contribution in [3.05, 3.63) is 24.4 Å². The summed E-state index contributed by atoms with van der Waals surface area (Å²) in [5, 5.41) is 0. The molecule has 2 aliphatic heterocycles. The third-order valence-electron chi connectivity index (χ3n) is 5.49. The summed E-state index contributed by atoms with van der Waals surface area (Å²) in [7, 11) is 1.88. The minimum atomic E-state index is -0.0252. The lowest BCUT2D eigenvalue weighted by molar-refractivity contribution is 0.441. The number of aromatic nitrogens is 4. The first kappa shape index (κ1) is 23.4. The Morgan fingerprint density at radius 2 is 1.29 bits per heavy atom. The van der Waals surface area contributed by atoms with Crippen LogP contribution in [0.2, 0.25) is 0 Å². The largest absolute Gasteiger partial charge is 0.338 e. The SMILES string of the molecule is CN(c1ccccn1)c1nc(N2C[C@H](N)C[C@H](N)C2)nc(N2C[C@H](N)C[C@H](N)C2)n1.Cl. The molecule has 2 aliphatic rings. The van der Waals surface area contributed by atoms with Crippen LogP contribution in [-0.4, -0.2) is 77.3 Å². The van der Waals surface area contributed by atoms with Gasteiger partial charge in [0.25, 0.3) is 0 Å². The molecule has 170 valence electrons. The van der Waals surface area contributed by atoms with Crippen molar-refractivity contribution in [1.29, 1.82) is 0 Å². The molecular formula is C19H32ClN11. The number of pyridine rings is 1. The summed E-state index contributed by atoms with van der Waals surface area (Å²) in [6.07, 6.45) is 3.30. The van der Waals surface area contributed by atoms with Crippen LogP contribution in [0, 0.1) is 0 Å². The van der Waals surface area contributed by atoms with Gasteiger partial charge in [-0.15, -0.1) is 12.4 Å². The zero-order chi connectivity index (χ0) is 21.3. The highest BCUT2D eigenvalue weighted by atomic mass is 35.5. The van der Waals surface area contributed by atoms with E-state index < -0.39 is 0 Å². The number of hydrogen-bond acceptors (Lipinski definition) is 11. The highest BCUT2D eigenvalue weighted by molar-refractivity contribution is 5.85. The van der Waals surface area contributed by atoms with E-state index in [4.69, 9.17) is 37.9 Å². The van der Waals surface area contributed by atoms with E-state index >= 15 is 0 Å². The fraction of sp³-hybridized carbons (Fsp3) is 0.579. The van der Waals surface area contributed by atoms with Gasteiger partial charge in [-0.1, -0.05) is 6.07 Å². The number of nitrogens with two attached hydrogens (primary N) is 4. The van der Waals surface area contributed by atoms with Crippen LogP contribution in [0.1, 0.15) is 12.8 Å². The average Bonchev–Trinajstić information content (AvgIpc) is 2.72. The molecule has 0 radical (unpaired) electrons. The van der Waals surface area contributed by atoms with Crippen molar-refractivity contribution in [1.82, 2.24) is 19.9 Å². The highest BCUT2D eigenvalue weighted by Crippen LogP contribution is 2.25. The van der Waals surface area contributed by atoms with E-state index in [-0.39, 0.29) is 36.6 Å². The Morgan fingerprint density at radius 3 is 1.71 bits per heavy atom. The average molecular weight is 450 g/mol. The van der Waals surface area contributed by atoms with Crippen LogP contribution in [0.3, 0.4) is 0 Å². The molecule has 0 amide bonds. The first-order valence-corrected chi connectivity index (χ1v) is 10.3. The van der Waals surface area contributed by atoms with E-state index in [0.717, 1.165) is 18.7 Å². The van der Waals surface area contributed by atoms with Crippen molar-refractivity contribution in [2.45, 2.75) is 37.0 Å². The number of anilines is 4. The van der Waals surface area contributed by atoms with Crippen LogP contribution >= 0.6 is 12.4 Å². The van der Waals surface area contributed by atoms with Crippen molar-refractivity contribution in [2.24, 2.45) is 22.9 Å². The van der Waals surface area contributed by atoms with Gasteiger partial charge in [0.1, 0.15) is 5.82 Å². The standard InChI is InChI=1S/C19H31N11.ClH/c1-28(16-4-2-3-5-24-16)17-25-18(29-8-12(20)6-13(21)9-29)27-19(26-17)30-10-14(22)7-15(23)11-30;/h2-5,12-15H,6-11,20-23H2,1H3;1H/t12-,13+,14-,15+;. The summed E-state index contributed by atoms with van der Waals surface area (Å²) in [5.41, 5.74) is 24.8. The number of piperidine rings is 2. The van der Waals surface area contributed by atoms with Gasteiger partial charge in [0.05, 0.1) is 0 Å². The lowest BCUT2D eigenvalue weighted by Crippen LogP contribution is -2.54. The second-order valence-corrected chi connectivity index (χ2v) is 8.30. The van der Waals surface area contributed by atoms with E-state index in [0.29, 0.717) is 44.0 Å². The second kappa shape index (κ2) is 9.88. The molecule has 11 nitrogen and oxygen atoms in total. The Hall–Kier alpha value is -2.31. The predicted octanol–water partition coefficient (Wildman–Crippen LogP) is -0.814.